The van der Waals surface area contributed by atoms with Crippen LogP contribution in [0.25, 0.3) is 0 Å². The van der Waals surface area contributed by atoms with Crippen LogP contribution in [0.4, 0.5) is 0 Å². The van der Waals surface area contributed by atoms with Gasteiger partial charge in [0.15, 0.2) is 18.0 Å². The molecule has 2 saturated heterocycles. The number of Topliss-reactive ketones (excluding diaryl/α,β-unsaturated/α-hetero) is 3. The lowest BCUT2D eigenvalue weighted by Crippen LogP contribution is -2.61. The van der Waals surface area contributed by atoms with Gasteiger partial charge in [0.1, 0.15) is 98.5 Å². The van der Waals surface area contributed by atoms with Crippen molar-refractivity contribution < 1.29 is 179 Å². The van der Waals surface area contributed by atoms with Gasteiger partial charge in [0.05, 0.1) is 35.6 Å². The van der Waals surface area contributed by atoms with Crippen molar-refractivity contribution in [2.24, 2.45) is 58.1 Å². The third-order valence-electron chi connectivity index (χ3n) is 24.2. The molecule has 4 aliphatic rings. The Balaban J connectivity index is 1.81. The molecule has 796 valence electrons. The van der Waals surface area contributed by atoms with Gasteiger partial charge in [-0.25, -0.2) is 4.79 Å². The standard InChI is InChI=1S/C92H138N10O37S3/c1-48-17-13-12-14-18-49(2)66(131-9)35-56-22-20-54(7)92(130,139-56)81(117)85(121)102-30-16-15-19-63(102)89(128)136-67(36-64(103)50(3)32-53(6)79(80(133-11)78(116)52(5)31-48)138-77(115)45-142-42-62(84(120)98-39-74(111)112)101-71(106)29-25-59(95)88(126)127)51(4)33-55-21-26-65(68(34-55)132-10)137-90(129)91(8,46-134-75(113)43-140-40-60(82(118)96-37-72(107)108)99-69(104)27-23-57(93)86(122)123)47-135-76(114)44-141-41-61(83(119)97-38-73(109)110)100-70(105)28-24-58(94)87(124)125/h12-14,17-18,32,48,50-52,54-63,65-68,79-80,130H,15-16,19-31,33-47,93-95H2,1-11H3,(H,96,118)(H,97,119)(H,98,120)(H,99,104)(H,100,105)(H,101,106)(H,107,108)(H,109,110)(H,111,112)(H,122,123)(H,124,125)(H,126,127)/b14-12+,17-13+,49-18+,53-32+/t48-,50-,51-,52-,54-,55+,56+,57+,58+,59+,60+,61+,62+,63+,65-,66+,67+,68-,79-,80+,92-/m1/s1. The van der Waals surface area contributed by atoms with Crippen molar-refractivity contribution in [1.82, 2.24) is 36.8 Å². The summed E-state index contributed by atoms with van der Waals surface area (Å²) in [6.07, 6.45) is 1.12. The molecule has 50 heteroatoms. The first-order chi connectivity index (χ1) is 66.8. The summed E-state index contributed by atoms with van der Waals surface area (Å²) < 4.78 is 54.0. The van der Waals surface area contributed by atoms with Crippen molar-refractivity contribution in [2.75, 3.05) is 95.2 Å². The molecule has 19 N–H and O–H groups in total. The zero-order valence-corrected chi connectivity index (χ0v) is 84.0. The molecule has 0 aromatic heterocycles. The van der Waals surface area contributed by atoms with Crippen molar-refractivity contribution in [1.29, 1.82) is 0 Å². The minimum absolute atomic E-state index is 0.00920. The van der Waals surface area contributed by atoms with Crippen molar-refractivity contribution >= 4 is 160 Å². The molecular weight excluding hydrogens is 1930 g/mol. The normalized spacial score (nSPS) is 25.8. The number of aliphatic carboxylic acids is 6. The van der Waals surface area contributed by atoms with Gasteiger partial charge in [-0.05, 0) is 133 Å². The van der Waals surface area contributed by atoms with E-state index in [9.17, 15) is 127 Å². The van der Waals surface area contributed by atoms with Gasteiger partial charge in [-0.3, -0.25) is 95.9 Å². The smallest absolute Gasteiger partial charge is 0.329 e. The predicted molar refractivity (Wildman–Crippen MR) is 507 cm³/mol. The summed E-state index contributed by atoms with van der Waals surface area (Å²) in [6.45, 7) is 8.06. The van der Waals surface area contributed by atoms with Gasteiger partial charge in [0.2, 0.25) is 41.2 Å². The van der Waals surface area contributed by atoms with Crippen molar-refractivity contribution in [3.8, 4) is 0 Å². The number of esters is 5. The Morgan fingerprint density at radius 1 is 0.570 bits per heavy atom. The van der Waals surface area contributed by atoms with E-state index in [4.69, 9.17) is 59.8 Å². The number of rotatable bonds is 49. The van der Waals surface area contributed by atoms with Gasteiger partial charge in [0, 0.05) is 95.0 Å². The number of allylic oxidation sites excluding steroid dienone is 6. The number of nitrogens with two attached hydrogens (primary N) is 3. The van der Waals surface area contributed by atoms with E-state index in [0.29, 0.717) is 42.8 Å². The summed E-state index contributed by atoms with van der Waals surface area (Å²) in [5.74, 6) is -33.5. The summed E-state index contributed by atoms with van der Waals surface area (Å²) in [5, 5.41) is 81.3. The molecule has 2 bridgehead atoms. The number of aliphatic hydroxyl groups is 1. The Morgan fingerprint density at radius 3 is 1.51 bits per heavy atom. The molecule has 1 aliphatic carbocycles. The fraction of sp³-hybridized carbons (Fsp3) is 0.685. The molecule has 0 radical (unpaired) electrons. The second-order valence-corrected chi connectivity index (χ2v) is 39.1. The van der Waals surface area contributed by atoms with Gasteiger partial charge >= 0.3 is 65.7 Å². The van der Waals surface area contributed by atoms with Crippen LogP contribution in [-0.4, -0.2) is 351 Å². The molecule has 142 heavy (non-hydrogen) atoms. The number of fused-ring (bicyclic) bond motifs is 3. The molecule has 4 rings (SSSR count). The fourth-order valence-corrected chi connectivity index (χ4v) is 18.3. The Morgan fingerprint density at radius 2 is 1.06 bits per heavy atom. The van der Waals surface area contributed by atoms with Gasteiger partial charge in [0.25, 0.3) is 11.7 Å². The van der Waals surface area contributed by atoms with Gasteiger partial charge in [-0.1, -0.05) is 71.1 Å². The molecule has 3 heterocycles. The lowest BCUT2D eigenvalue weighted by molar-refractivity contribution is -0.265. The van der Waals surface area contributed by atoms with Crippen molar-refractivity contribution in [3.63, 3.8) is 0 Å². The van der Waals surface area contributed by atoms with Gasteiger partial charge in [-0.15, -0.1) is 35.3 Å². The van der Waals surface area contributed by atoms with Crippen LogP contribution >= 0.6 is 35.3 Å². The monoisotopic (exact) mass is 2070 g/mol. The van der Waals surface area contributed by atoms with Crippen LogP contribution in [0.15, 0.2) is 47.6 Å². The number of cyclic esters (lactones) is 1. The molecule has 47 nitrogen and oxygen atoms in total. The number of nitrogens with one attached hydrogen (secondary N) is 6. The van der Waals surface area contributed by atoms with E-state index in [0.717, 1.165) is 22.2 Å². The van der Waals surface area contributed by atoms with E-state index in [2.05, 4.69) is 31.9 Å². The fourth-order valence-electron chi connectivity index (χ4n) is 15.8. The molecule has 7 amide bonds. The van der Waals surface area contributed by atoms with Crippen LogP contribution in [0.1, 0.15) is 171 Å². The molecule has 0 unspecified atom stereocenters. The summed E-state index contributed by atoms with van der Waals surface area (Å²) in [7, 11) is 3.99. The highest BCUT2D eigenvalue weighted by atomic mass is 32.2. The van der Waals surface area contributed by atoms with Crippen LogP contribution in [0.2, 0.25) is 0 Å². The highest BCUT2D eigenvalue weighted by Crippen LogP contribution is 2.40. The molecule has 3 aliphatic heterocycles. The summed E-state index contributed by atoms with van der Waals surface area (Å²) in [6, 6.07) is -10.4. The van der Waals surface area contributed by atoms with Crippen LogP contribution in [0.5, 0.6) is 0 Å². The highest BCUT2D eigenvalue weighted by molar-refractivity contribution is 8.00. The highest BCUT2D eigenvalue weighted by Gasteiger charge is 2.54. The van der Waals surface area contributed by atoms with E-state index in [1.165, 1.54) is 48.2 Å². The van der Waals surface area contributed by atoms with E-state index >= 15 is 9.59 Å². The van der Waals surface area contributed by atoms with Crippen molar-refractivity contribution in [2.45, 2.75) is 262 Å². The minimum atomic E-state index is -2.67. The quantitative estimate of drug-likeness (QED) is 0.0167. The van der Waals surface area contributed by atoms with Crippen LogP contribution < -0.4 is 49.1 Å². The maximum atomic E-state index is 15.3. The minimum Gasteiger partial charge on any atom is -0.480 e. The number of amides is 7. The number of carbonyl (C=O) groups is 21. The third-order valence-corrected chi connectivity index (χ3v) is 27.3. The van der Waals surface area contributed by atoms with Crippen LogP contribution in [0.3, 0.4) is 0 Å². The maximum Gasteiger partial charge on any atom is 0.329 e. The van der Waals surface area contributed by atoms with Crippen LogP contribution in [0, 0.1) is 40.9 Å². The molecule has 21 atom stereocenters. The number of piperidine rings is 1. The third kappa shape index (κ3) is 42.6. The first-order valence-electron chi connectivity index (χ1n) is 46.4. The van der Waals surface area contributed by atoms with Gasteiger partial charge < -0.3 is 132 Å². The van der Waals surface area contributed by atoms with E-state index < -0.39 is 343 Å². The van der Waals surface area contributed by atoms with Gasteiger partial charge in [-0.2, -0.15) is 0 Å². The van der Waals surface area contributed by atoms with E-state index in [1.54, 1.807) is 45.1 Å². The maximum absolute atomic E-state index is 15.3. The lowest BCUT2D eigenvalue weighted by Gasteiger charge is -2.42. The number of ether oxygens (including phenoxy) is 9. The summed E-state index contributed by atoms with van der Waals surface area (Å²) >= 11 is 2.11. The molecule has 3 fully saturated rings. The second kappa shape index (κ2) is 62.0. The average molecular weight is 2070 g/mol. The number of thioether (sulfide) groups is 3. The van der Waals surface area contributed by atoms with E-state index in [1.807, 2.05) is 19.9 Å². The molecule has 0 aromatic rings. The van der Waals surface area contributed by atoms with Crippen LogP contribution in [-0.2, 0) is 143 Å². The van der Waals surface area contributed by atoms with E-state index in [-0.39, 0.29) is 88.7 Å². The predicted octanol–water partition coefficient (Wildman–Crippen LogP) is 0.208. The number of hydrogen-bond acceptors (Lipinski definition) is 37. The number of carboxylic acids is 6. The number of carbonyl (C=O) groups excluding carboxylic acids is 15. The number of carboxylic acid groups (broad SMARTS) is 6. The Labute approximate surface area is 834 Å². The lowest BCUT2D eigenvalue weighted by atomic mass is 9.78. The number of hydrogen-bond donors (Lipinski definition) is 16. The molecule has 0 aromatic carbocycles. The SMILES string of the molecule is CO[C@H]1C[C@@H]2CC[C@@H](C)[C@@](O)(O2)C(=O)C(=O)N2CCCC[C@H]2C(=O)O[C@H]([C@H](C)C[C@@H]2CC[C@@H](OC(=O)C(C)(COC(=O)CSC[C@H](NC(=O)CC[C@H](N)C(=O)O)C(=O)NCC(=O)O)COC(=O)CSC[C@H](NC(=O)CC[C@H](N)C(=O)O)C(=O)NCC(=O)O)[C@H](OC)C2)CC(=O)[C@H](C)/C=C(\C)[C@@H](OC(=O)CSC[C@H](NC(=O)CC[C@H](N)C(=O)O)C(=O)NCC(=O)O)[C@@H](OC)C(=O)[C@H](C)C[C@H](C)/C=C/C=C/C=C/1C. The zero-order chi connectivity index (χ0) is 107. The molecule has 1 saturated carbocycles. The Kier molecular flexibility index (Phi) is 53.9. The number of ketones is 3. The molecular formula is C92H138N10O37S3. The number of nitrogens with zero attached hydrogens (tertiary/aromatic N) is 1. The topological polar surface area (TPSA) is 737 Å². The Hall–Kier alpha value is -10.8. The second-order valence-electron chi connectivity index (χ2n) is 36.0. The largest absolute Gasteiger partial charge is 0.480 e. The molecule has 0 spiro atoms. The van der Waals surface area contributed by atoms with Crippen molar-refractivity contribution in [3.05, 3.63) is 47.6 Å². The Bertz CT molecular complexity index is 4440. The number of methoxy groups -OCH3 is 3. The first-order valence-corrected chi connectivity index (χ1v) is 49.8. The summed E-state index contributed by atoms with van der Waals surface area (Å²) in [4.78, 5) is 279. The average Bonchev–Trinajstić information content (AvgIpc) is 0.770. The zero-order valence-electron chi connectivity index (χ0n) is 81.5. The summed E-state index contributed by atoms with van der Waals surface area (Å²) in [5.41, 5.74) is 15.3. The first kappa shape index (κ1) is 123.